The smallest absolute Gasteiger partial charge is 0.270 e. The summed E-state index contributed by atoms with van der Waals surface area (Å²) in [4.78, 5) is 28.1. The third kappa shape index (κ3) is 3.94. The van der Waals surface area contributed by atoms with Gasteiger partial charge >= 0.3 is 0 Å². The van der Waals surface area contributed by atoms with Gasteiger partial charge in [0.2, 0.25) is 0 Å². The van der Waals surface area contributed by atoms with Gasteiger partial charge in [-0.1, -0.05) is 13.8 Å². The van der Waals surface area contributed by atoms with Crippen molar-refractivity contribution in [3.8, 4) is 0 Å². The molecule has 136 valence electrons. The predicted octanol–water partition coefficient (Wildman–Crippen LogP) is 3.70. The van der Waals surface area contributed by atoms with Crippen LogP contribution in [0.1, 0.15) is 49.9 Å². The van der Waals surface area contributed by atoms with Crippen LogP contribution in [0.2, 0.25) is 0 Å². The van der Waals surface area contributed by atoms with Crippen molar-refractivity contribution in [1.29, 1.82) is 0 Å². The summed E-state index contributed by atoms with van der Waals surface area (Å²) in [6.45, 7) is 7.59. The molecule has 2 fully saturated rings. The summed E-state index contributed by atoms with van der Waals surface area (Å²) >= 11 is 0. The number of rotatable bonds is 3. The summed E-state index contributed by atoms with van der Waals surface area (Å²) in [5.74, 6) is 0.859. The van der Waals surface area contributed by atoms with E-state index in [2.05, 4.69) is 18.7 Å². The standard InChI is InChI=1S/C19H27N3O3/c1-14-10-15(2)13-21(12-14)19(23)17-11-16(22(24)25)6-7-18(17)20-8-4-3-5-9-20/h6-7,11,14-15H,3-5,8-10,12-13H2,1-2H3/t14-,15-/m0/s1. The quantitative estimate of drug-likeness (QED) is 0.619. The van der Waals surface area contributed by atoms with E-state index in [1.165, 1.54) is 18.6 Å². The Hall–Kier alpha value is -2.11. The SMILES string of the molecule is C[C@H]1C[C@H](C)CN(C(=O)c2cc([N+](=O)[O-])ccc2N2CCCCC2)C1. The molecule has 2 heterocycles. The third-order valence-electron chi connectivity index (χ3n) is 5.27. The molecule has 25 heavy (non-hydrogen) atoms. The van der Waals surface area contributed by atoms with Crippen molar-refractivity contribution in [3.05, 3.63) is 33.9 Å². The second-order valence-electron chi connectivity index (χ2n) is 7.66. The largest absolute Gasteiger partial charge is 0.371 e. The molecule has 0 spiro atoms. The summed E-state index contributed by atoms with van der Waals surface area (Å²) < 4.78 is 0. The molecule has 2 atom stereocenters. The van der Waals surface area contributed by atoms with Gasteiger partial charge in [0.1, 0.15) is 0 Å². The summed E-state index contributed by atoms with van der Waals surface area (Å²) in [5.41, 5.74) is 1.32. The number of non-ortho nitro benzene ring substituents is 1. The van der Waals surface area contributed by atoms with Crippen LogP contribution in [0.4, 0.5) is 11.4 Å². The molecule has 2 aliphatic rings. The van der Waals surface area contributed by atoms with Crippen LogP contribution in [-0.2, 0) is 0 Å². The van der Waals surface area contributed by atoms with E-state index in [4.69, 9.17) is 0 Å². The van der Waals surface area contributed by atoms with Crippen molar-refractivity contribution < 1.29 is 9.72 Å². The number of amides is 1. The average molecular weight is 345 g/mol. The van der Waals surface area contributed by atoms with Crippen LogP contribution in [-0.4, -0.2) is 41.9 Å². The van der Waals surface area contributed by atoms with E-state index in [9.17, 15) is 14.9 Å². The minimum absolute atomic E-state index is 0.0118. The number of carbonyl (C=O) groups excluding carboxylic acids is 1. The van der Waals surface area contributed by atoms with Gasteiger partial charge in [-0.15, -0.1) is 0 Å². The van der Waals surface area contributed by atoms with E-state index in [-0.39, 0.29) is 11.6 Å². The molecular weight excluding hydrogens is 318 g/mol. The number of anilines is 1. The molecule has 0 aliphatic carbocycles. The van der Waals surface area contributed by atoms with Crippen LogP contribution < -0.4 is 4.90 Å². The number of benzene rings is 1. The zero-order chi connectivity index (χ0) is 18.0. The van der Waals surface area contributed by atoms with E-state index < -0.39 is 4.92 Å². The van der Waals surface area contributed by atoms with Crippen LogP contribution >= 0.6 is 0 Å². The topological polar surface area (TPSA) is 66.7 Å². The van der Waals surface area contributed by atoms with Gasteiger partial charge in [0, 0.05) is 38.3 Å². The zero-order valence-electron chi connectivity index (χ0n) is 15.1. The van der Waals surface area contributed by atoms with E-state index in [0.29, 0.717) is 17.4 Å². The van der Waals surface area contributed by atoms with Crippen molar-refractivity contribution in [2.45, 2.75) is 39.5 Å². The molecule has 0 radical (unpaired) electrons. The Morgan fingerprint density at radius 3 is 2.36 bits per heavy atom. The highest BCUT2D eigenvalue weighted by molar-refractivity contribution is 6.00. The second-order valence-corrected chi connectivity index (χ2v) is 7.66. The first-order valence-corrected chi connectivity index (χ1v) is 9.28. The van der Waals surface area contributed by atoms with Crippen LogP contribution in [0.3, 0.4) is 0 Å². The third-order valence-corrected chi connectivity index (χ3v) is 5.27. The maximum Gasteiger partial charge on any atom is 0.270 e. The van der Waals surface area contributed by atoms with Crippen molar-refractivity contribution in [1.82, 2.24) is 4.90 Å². The van der Waals surface area contributed by atoms with Crippen molar-refractivity contribution >= 4 is 17.3 Å². The average Bonchev–Trinajstić information content (AvgIpc) is 2.60. The maximum atomic E-state index is 13.2. The lowest BCUT2D eigenvalue weighted by atomic mass is 9.91. The first-order chi connectivity index (χ1) is 12.0. The van der Waals surface area contributed by atoms with Gasteiger partial charge in [0.15, 0.2) is 0 Å². The van der Waals surface area contributed by atoms with Crippen LogP contribution in [0.15, 0.2) is 18.2 Å². The Bertz CT molecular complexity index is 645. The van der Waals surface area contributed by atoms with Crippen molar-refractivity contribution in [2.24, 2.45) is 11.8 Å². The summed E-state index contributed by atoms with van der Waals surface area (Å²) in [7, 11) is 0. The molecule has 1 amide bonds. The van der Waals surface area contributed by atoms with Crippen molar-refractivity contribution in [3.63, 3.8) is 0 Å². The number of nitro groups is 1. The molecule has 0 N–H and O–H groups in total. The Labute approximate surface area is 148 Å². The highest BCUT2D eigenvalue weighted by Crippen LogP contribution is 2.31. The Kier molecular flexibility index (Phi) is 5.25. The van der Waals surface area contributed by atoms with E-state index >= 15 is 0 Å². The molecule has 3 rings (SSSR count). The molecule has 2 aliphatic heterocycles. The molecule has 1 aromatic carbocycles. The Morgan fingerprint density at radius 2 is 1.76 bits per heavy atom. The molecule has 1 aromatic rings. The summed E-state index contributed by atoms with van der Waals surface area (Å²) in [5, 5.41) is 11.2. The first kappa shape index (κ1) is 17.7. The van der Waals surface area contributed by atoms with Crippen LogP contribution in [0, 0.1) is 22.0 Å². The number of likely N-dealkylation sites (tertiary alicyclic amines) is 1. The summed E-state index contributed by atoms with van der Waals surface area (Å²) in [6.07, 6.45) is 4.52. The number of hydrogen-bond acceptors (Lipinski definition) is 4. The Morgan fingerprint density at radius 1 is 1.12 bits per heavy atom. The minimum atomic E-state index is -0.418. The minimum Gasteiger partial charge on any atom is -0.371 e. The van der Waals surface area contributed by atoms with E-state index in [1.807, 2.05) is 4.90 Å². The number of nitrogens with zero attached hydrogens (tertiary/aromatic N) is 3. The number of nitro benzene ring substituents is 1. The highest BCUT2D eigenvalue weighted by atomic mass is 16.6. The molecule has 0 unspecified atom stereocenters. The van der Waals surface area contributed by atoms with E-state index in [1.54, 1.807) is 6.07 Å². The van der Waals surface area contributed by atoms with Gasteiger partial charge in [-0.3, -0.25) is 14.9 Å². The van der Waals surface area contributed by atoms with Crippen LogP contribution in [0.25, 0.3) is 0 Å². The maximum absolute atomic E-state index is 13.2. The van der Waals surface area contributed by atoms with Crippen molar-refractivity contribution in [2.75, 3.05) is 31.1 Å². The fourth-order valence-electron chi connectivity index (χ4n) is 4.22. The lowest BCUT2D eigenvalue weighted by molar-refractivity contribution is -0.384. The van der Waals surface area contributed by atoms with Gasteiger partial charge in [0.25, 0.3) is 11.6 Å². The fraction of sp³-hybridized carbons (Fsp3) is 0.632. The fourth-order valence-corrected chi connectivity index (χ4v) is 4.22. The predicted molar refractivity (Wildman–Crippen MR) is 98.0 cm³/mol. The van der Waals surface area contributed by atoms with Gasteiger partial charge in [-0.05, 0) is 43.6 Å². The normalized spacial score (nSPS) is 24.2. The molecule has 0 aromatic heterocycles. The van der Waals surface area contributed by atoms with Gasteiger partial charge in [-0.2, -0.15) is 0 Å². The van der Waals surface area contributed by atoms with E-state index in [0.717, 1.165) is 51.1 Å². The summed E-state index contributed by atoms with van der Waals surface area (Å²) in [6, 6.07) is 4.74. The van der Waals surface area contributed by atoms with Gasteiger partial charge in [0.05, 0.1) is 16.2 Å². The molecular formula is C19H27N3O3. The Balaban J connectivity index is 1.94. The molecule has 6 nitrogen and oxygen atoms in total. The molecule has 6 heteroatoms. The number of carbonyl (C=O) groups is 1. The second kappa shape index (κ2) is 7.42. The number of hydrogen-bond donors (Lipinski definition) is 0. The lowest BCUT2D eigenvalue weighted by Crippen LogP contribution is -2.43. The lowest BCUT2D eigenvalue weighted by Gasteiger charge is -2.36. The molecule has 0 bridgehead atoms. The highest BCUT2D eigenvalue weighted by Gasteiger charge is 2.29. The zero-order valence-corrected chi connectivity index (χ0v) is 15.1. The molecule has 0 saturated carbocycles. The first-order valence-electron chi connectivity index (χ1n) is 9.28. The van der Waals surface area contributed by atoms with Gasteiger partial charge in [-0.25, -0.2) is 0 Å². The van der Waals surface area contributed by atoms with Crippen LogP contribution in [0.5, 0.6) is 0 Å². The monoisotopic (exact) mass is 345 g/mol. The molecule has 2 saturated heterocycles. The van der Waals surface area contributed by atoms with Gasteiger partial charge < -0.3 is 9.80 Å². The number of piperidine rings is 2.